The number of hydrogen-bond donors (Lipinski definition) is 1. The molecule has 114 valence electrons. The van der Waals surface area contributed by atoms with E-state index >= 15 is 0 Å². The van der Waals surface area contributed by atoms with E-state index in [0.717, 1.165) is 25.1 Å². The summed E-state index contributed by atoms with van der Waals surface area (Å²) in [4.78, 5) is 0. The van der Waals surface area contributed by atoms with Crippen LogP contribution < -0.4 is 5.32 Å². The third kappa shape index (κ3) is 3.57. The van der Waals surface area contributed by atoms with E-state index in [9.17, 15) is 13.2 Å². The van der Waals surface area contributed by atoms with Crippen molar-refractivity contribution in [2.24, 2.45) is 0 Å². The highest BCUT2D eigenvalue weighted by atomic mass is 19.4. The number of nitrogens with one attached hydrogen (secondary N) is 1. The molecule has 0 aliphatic rings. The van der Waals surface area contributed by atoms with Crippen LogP contribution >= 0.6 is 0 Å². The molecule has 0 spiro atoms. The van der Waals surface area contributed by atoms with Crippen LogP contribution in [0.2, 0.25) is 0 Å². The summed E-state index contributed by atoms with van der Waals surface area (Å²) >= 11 is 0. The number of aromatic nitrogens is 4. The van der Waals surface area contributed by atoms with Crippen molar-refractivity contribution >= 4 is 0 Å². The molecule has 0 amide bonds. The summed E-state index contributed by atoms with van der Waals surface area (Å²) in [5.41, 5.74) is -0.203. The lowest BCUT2D eigenvalue weighted by atomic mass is 10.2. The number of nitrogens with zero attached hydrogens (tertiary/aromatic N) is 4. The smallest absolute Gasteiger partial charge is 0.307 e. The van der Waals surface area contributed by atoms with Crippen molar-refractivity contribution in [3.8, 4) is 5.69 Å². The molecule has 2 rings (SSSR count). The highest BCUT2D eigenvalue weighted by molar-refractivity contribution is 5.35. The van der Waals surface area contributed by atoms with Gasteiger partial charge in [-0.2, -0.15) is 17.9 Å². The summed E-state index contributed by atoms with van der Waals surface area (Å²) < 4.78 is 39.1. The fourth-order valence-corrected chi connectivity index (χ4v) is 1.89. The first-order valence-electron chi connectivity index (χ1n) is 6.62. The molecule has 5 nitrogen and oxygen atoms in total. The van der Waals surface area contributed by atoms with E-state index in [2.05, 4.69) is 20.8 Å². The van der Waals surface area contributed by atoms with Crippen LogP contribution in [0.3, 0.4) is 0 Å². The topological polar surface area (TPSA) is 55.6 Å². The van der Waals surface area contributed by atoms with E-state index in [-0.39, 0.29) is 6.04 Å². The summed E-state index contributed by atoms with van der Waals surface area (Å²) in [7, 11) is 0. The van der Waals surface area contributed by atoms with Gasteiger partial charge >= 0.3 is 6.18 Å². The number of alkyl halides is 3. The Morgan fingerprint density at radius 1 is 1.24 bits per heavy atom. The second kappa shape index (κ2) is 6.21. The quantitative estimate of drug-likeness (QED) is 0.922. The first-order valence-corrected chi connectivity index (χ1v) is 6.62. The van der Waals surface area contributed by atoms with Gasteiger partial charge in [0.25, 0.3) is 0 Å². The number of hydrogen-bond acceptors (Lipinski definition) is 4. The molecule has 0 bridgehead atoms. The predicted molar refractivity (Wildman–Crippen MR) is 70.9 cm³/mol. The molecule has 2 aromatic rings. The summed E-state index contributed by atoms with van der Waals surface area (Å²) in [6, 6.07) is 4.66. The fraction of sp³-hybridized carbons (Fsp3) is 0.462. The Kier molecular flexibility index (Phi) is 4.56. The molecule has 1 N–H and O–H groups in total. The summed E-state index contributed by atoms with van der Waals surface area (Å²) in [5.74, 6) is 0.559. The van der Waals surface area contributed by atoms with Crippen LogP contribution in [0.1, 0.15) is 37.7 Å². The molecule has 1 aromatic heterocycles. The number of rotatable bonds is 5. The lowest BCUT2D eigenvalue weighted by Gasteiger charge is -2.13. The van der Waals surface area contributed by atoms with Crippen molar-refractivity contribution in [2.75, 3.05) is 6.54 Å². The molecular weight excluding hydrogens is 283 g/mol. The fourth-order valence-electron chi connectivity index (χ4n) is 1.89. The molecule has 0 radical (unpaired) electrons. The Labute approximate surface area is 120 Å². The van der Waals surface area contributed by atoms with Crippen LogP contribution in [-0.2, 0) is 6.18 Å². The van der Waals surface area contributed by atoms with Crippen LogP contribution in [0.4, 0.5) is 13.2 Å². The standard InChI is InChI=1S/C13H16F3N5/c1-3-8-17-9(2)12-18-19-20-21(12)11-6-4-10(5-7-11)13(14,15)16/h4-7,9,17H,3,8H2,1-2H3. The highest BCUT2D eigenvalue weighted by Crippen LogP contribution is 2.29. The lowest BCUT2D eigenvalue weighted by Crippen LogP contribution is -2.22. The van der Waals surface area contributed by atoms with Crippen molar-refractivity contribution in [2.45, 2.75) is 32.5 Å². The summed E-state index contributed by atoms with van der Waals surface area (Å²) in [6.45, 7) is 4.75. The Hall–Kier alpha value is -1.96. The maximum absolute atomic E-state index is 12.6. The van der Waals surface area contributed by atoms with Crippen LogP contribution in [-0.4, -0.2) is 26.8 Å². The third-order valence-corrected chi connectivity index (χ3v) is 3.02. The Bertz CT molecular complexity index is 576. The minimum Gasteiger partial charge on any atom is -0.307 e. The number of halogens is 3. The zero-order valence-corrected chi connectivity index (χ0v) is 11.7. The van der Waals surface area contributed by atoms with Gasteiger partial charge < -0.3 is 5.32 Å². The molecule has 1 unspecified atom stereocenters. The molecule has 0 aliphatic carbocycles. The molecule has 1 atom stereocenters. The molecule has 8 heteroatoms. The Morgan fingerprint density at radius 2 is 1.90 bits per heavy atom. The maximum atomic E-state index is 12.6. The van der Waals surface area contributed by atoms with Crippen LogP contribution in [0.5, 0.6) is 0 Å². The van der Waals surface area contributed by atoms with Gasteiger partial charge in [0.1, 0.15) is 0 Å². The maximum Gasteiger partial charge on any atom is 0.416 e. The van der Waals surface area contributed by atoms with Crippen molar-refractivity contribution in [3.05, 3.63) is 35.7 Å². The minimum atomic E-state index is -4.35. The van der Waals surface area contributed by atoms with Gasteiger partial charge in [-0.15, -0.1) is 5.10 Å². The van der Waals surface area contributed by atoms with E-state index in [1.807, 2.05) is 13.8 Å². The largest absolute Gasteiger partial charge is 0.416 e. The van der Waals surface area contributed by atoms with E-state index in [1.54, 1.807) is 0 Å². The molecule has 0 aliphatic heterocycles. The zero-order valence-electron chi connectivity index (χ0n) is 11.7. The summed E-state index contributed by atoms with van der Waals surface area (Å²) in [5, 5.41) is 14.6. The van der Waals surface area contributed by atoms with Crippen molar-refractivity contribution in [3.63, 3.8) is 0 Å². The van der Waals surface area contributed by atoms with Crippen molar-refractivity contribution < 1.29 is 13.2 Å². The van der Waals surface area contributed by atoms with Gasteiger partial charge in [-0.3, -0.25) is 0 Å². The van der Waals surface area contributed by atoms with Crippen molar-refractivity contribution in [1.29, 1.82) is 0 Å². The first kappa shape index (κ1) is 15.4. The van der Waals surface area contributed by atoms with Crippen LogP contribution in [0, 0.1) is 0 Å². The third-order valence-electron chi connectivity index (χ3n) is 3.02. The van der Waals surface area contributed by atoms with E-state index in [0.29, 0.717) is 11.5 Å². The average Bonchev–Trinajstić information content (AvgIpc) is 2.93. The minimum absolute atomic E-state index is 0.0951. The van der Waals surface area contributed by atoms with Gasteiger partial charge in [0.05, 0.1) is 17.3 Å². The highest BCUT2D eigenvalue weighted by Gasteiger charge is 2.30. The second-order valence-electron chi connectivity index (χ2n) is 4.67. The van der Waals surface area contributed by atoms with Gasteiger partial charge in [-0.05, 0) is 54.6 Å². The monoisotopic (exact) mass is 299 g/mol. The molecule has 0 saturated carbocycles. The molecule has 21 heavy (non-hydrogen) atoms. The zero-order chi connectivity index (χ0) is 15.5. The van der Waals surface area contributed by atoms with E-state index < -0.39 is 11.7 Å². The van der Waals surface area contributed by atoms with E-state index in [4.69, 9.17) is 0 Å². The van der Waals surface area contributed by atoms with Crippen LogP contribution in [0.25, 0.3) is 5.69 Å². The Balaban J connectivity index is 2.25. The molecule has 1 aromatic carbocycles. The molecule has 0 saturated heterocycles. The first-order chi connectivity index (χ1) is 9.93. The second-order valence-corrected chi connectivity index (χ2v) is 4.67. The van der Waals surface area contributed by atoms with E-state index in [1.165, 1.54) is 16.8 Å². The van der Waals surface area contributed by atoms with Crippen molar-refractivity contribution in [1.82, 2.24) is 25.5 Å². The summed E-state index contributed by atoms with van der Waals surface area (Å²) in [6.07, 6.45) is -3.38. The normalized spacial score (nSPS) is 13.4. The number of benzene rings is 1. The SMILES string of the molecule is CCCNC(C)c1nnnn1-c1ccc(C(F)(F)F)cc1. The van der Waals surface area contributed by atoms with Crippen LogP contribution in [0.15, 0.2) is 24.3 Å². The van der Waals surface area contributed by atoms with Gasteiger partial charge in [0, 0.05) is 0 Å². The molecular formula is C13H16F3N5. The average molecular weight is 299 g/mol. The number of tetrazole rings is 1. The lowest BCUT2D eigenvalue weighted by molar-refractivity contribution is -0.137. The predicted octanol–water partition coefficient (Wildman–Crippen LogP) is 2.74. The molecule has 1 heterocycles. The van der Waals surface area contributed by atoms with Gasteiger partial charge in [0.15, 0.2) is 5.82 Å². The Morgan fingerprint density at radius 3 is 2.48 bits per heavy atom. The van der Waals surface area contributed by atoms with Gasteiger partial charge in [-0.25, -0.2) is 0 Å². The van der Waals surface area contributed by atoms with Gasteiger partial charge in [-0.1, -0.05) is 6.92 Å². The molecule has 0 fully saturated rings. The van der Waals surface area contributed by atoms with Gasteiger partial charge in [0.2, 0.25) is 0 Å².